The minimum atomic E-state index is -0.868. The predicted molar refractivity (Wildman–Crippen MR) is 74.7 cm³/mol. The zero-order chi connectivity index (χ0) is 14.2. The van der Waals surface area contributed by atoms with Gasteiger partial charge in [-0.15, -0.1) is 0 Å². The number of hydrogen-bond acceptors (Lipinski definition) is 4. The second-order valence-corrected chi connectivity index (χ2v) is 5.58. The summed E-state index contributed by atoms with van der Waals surface area (Å²) in [5.74, 6) is -0.868. The highest BCUT2D eigenvalue weighted by atomic mass is 35.5. The number of ether oxygens (including phenoxy) is 2. The van der Waals surface area contributed by atoms with Crippen LogP contribution in [0.25, 0.3) is 0 Å². The van der Waals surface area contributed by atoms with E-state index in [-0.39, 0.29) is 6.10 Å². The Bertz CT molecular complexity index is 606. The lowest BCUT2D eigenvalue weighted by Gasteiger charge is -2.25. The van der Waals surface area contributed by atoms with E-state index in [1.54, 1.807) is 23.1 Å². The van der Waals surface area contributed by atoms with Crippen molar-refractivity contribution in [2.75, 3.05) is 6.61 Å². The quantitative estimate of drug-likeness (QED) is 0.874. The molecule has 7 heteroatoms. The number of benzene rings is 1. The lowest BCUT2D eigenvalue weighted by Crippen LogP contribution is -2.26. The molecular formula is C13H13Cl2N3O2. The van der Waals surface area contributed by atoms with Gasteiger partial charge in [-0.3, -0.25) is 4.68 Å². The highest BCUT2D eigenvalue weighted by molar-refractivity contribution is 6.35. The van der Waals surface area contributed by atoms with Crippen LogP contribution in [0, 0.1) is 0 Å². The second kappa shape index (κ2) is 5.33. The number of nitrogens with zero attached hydrogens (tertiary/aromatic N) is 3. The zero-order valence-electron chi connectivity index (χ0n) is 10.8. The van der Waals surface area contributed by atoms with Crippen LogP contribution in [0.5, 0.6) is 0 Å². The lowest BCUT2D eigenvalue weighted by molar-refractivity contribution is -0.163. The van der Waals surface area contributed by atoms with Gasteiger partial charge in [-0.2, -0.15) is 5.10 Å². The number of halogens is 2. The molecule has 0 amide bonds. The van der Waals surface area contributed by atoms with Crippen molar-refractivity contribution in [3.63, 3.8) is 0 Å². The monoisotopic (exact) mass is 313 g/mol. The van der Waals surface area contributed by atoms with Gasteiger partial charge in [-0.25, -0.2) is 4.98 Å². The largest absolute Gasteiger partial charge is 0.343 e. The Morgan fingerprint density at radius 3 is 3.00 bits per heavy atom. The first-order valence-electron chi connectivity index (χ1n) is 6.16. The van der Waals surface area contributed by atoms with E-state index < -0.39 is 5.79 Å². The maximum absolute atomic E-state index is 6.22. The van der Waals surface area contributed by atoms with E-state index in [0.717, 1.165) is 5.56 Å². The predicted octanol–water partition coefficient (Wildman–Crippen LogP) is 2.87. The number of aromatic nitrogens is 3. The van der Waals surface area contributed by atoms with E-state index in [1.165, 1.54) is 6.33 Å². The van der Waals surface area contributed by atoms with Gasteiger partial charge in [0.25, 0.3) is 0 Å². The SMILES string of the molecule is C[C@]1(c2ccc(Cl)cc2Cl)OC[C@@H](Cn2cncn2)O1. The second-order valence-electron chi connectivity index (χ2n) is 4.74. The van der Waals surface area contributed by atoms with Crippen molar-refractivity contribution in [1.29, 1.82) is 0 Å². The van der Waals surface area contributed by atoms with Crippen molar-refractivity contribution in [3.05, 3.63) is 46.5 Å². The minimum Gasteiger partial charge on any atom is -0.343 e. The van der Waals surface area contributed by atoms with Gasteiger partial charge in [-0.05, 0) is 19.1 Å². The van der Waals surface area contributed by atoms with Crippen molar-refractivity contribution in [2.45, 2.75) is 25.4 Å². The van der Waals surface area contributed by atoms with Crippen molar-refractivity contribution in [2.24, 2.45) is 0 Å². The highest BCUT2D eigenvalue weighted by Gasteiger charge is 2.40. The first kappa shape index (κ1) is 13.8. The van der Waals surface area contributed by atoms with Crippen molar-refractivity contribution in [3.8, 4) is 0 Å². The molecule has 1 aliphatic heterocycles. The van der Waals surface area contributed by atoms with E-state index in [9.17, 15) is 0 Å². The molecule has 5 nitrogen and oxygen atoms in total. The van der Waals surface area contributed by atoms with Crippen LogP contribution in [-0.2, 0) is 21.8 Å². The average Bonchev–Trinajstić information content (AvgIpc) is 3.00. The summed E-state index contributed by atoms with van der Waals surface area (Å²) in [6.45, 7) is 2.90. The molecule has 2 aromatic rings. The Kier molecular flexibility index (Phi) is 3.69. The highest BCUT2D eigenvalue weighted by Crippen LogP contribution is 2.38. The molecule has 2 atom stereocenters. The van der Waals surface area contributed by atoms with Crippen LogP contribution in [-0.4, -0.2) is 27.5 Å². The molecular weight excluding hydrogens is 301 g/mol. The number of hydrogen-bond donors (Lipinski definition) is 0. The van der Waals surface area contributed by atoms with E-state index in [1.807, 2.05) is 13.0 Å². The first-order chi connectivity index (χ1) is 9.57. The van der Waals surface area contributed by atoms with Crippen molar-refractivity contribution in [1.82, 2.24) is 14.8 Å². The summed E-state index contributed by atoms with van der Waals surface area (Å²) in [4.78, 5) is 3.90. The molecule has 1 aliphatic rings. The molecule has 0 radical (unpaired) electrons. The minimum absolute atomic E-state index is 0.103. The molecule has 0 bridgehead atoms. The fourth-order valence-corrected chi connectivity index (χ4v) is 2.84. The van der Waals surface area contributed by atoms with Crippen LogP contribution < -0.4 is 0 Å². The molecule has 1 aromatic heterocycles. The summed E-state index contributed by atoms with van der Waals surface area (Å²) < 4.78 is 13.5. The number of rotatable bonds is 3. The molecule has 0 spiro atoms. The summed E-state index contributed by atoms with van der Waals surface area (Å²) in [6, 6.07) is 5.27. The van der Waals surface area contributed by atoms with E-state index in [0.29, 0.717) is 23.2 Å². The van der Waals surface area contributed by atoms with E-state index in [4.69, 9.17) is 32.7 Å². The topological polar surface area (TPSA) is 49.2 Å². The third-order valence-electron chi connectivity index (χ3n) is 3.21. The molecule has 20 heavy (non-hydrogen) atoms. The maximum Gasteiger partial charge on any atom is 0.193 e. The van der Waals surface area contributed by atoms with Crippen LogP contribution in [0.3, 0.4) is 0 Å². The van der Waals surface area contributed by atoms with Crippen molar-refractivity contribution >= 4 is 23.2 Å². The van der Waals surface area contributed by atoms with Gasteiger partial charge < -0.3 is 9.47 Å². The third kappa shape index (κ3) is 2.67. The van der Waals surface area contributed by atoms with Gasteiger partial charge in [0.1, 0.15) is 18.8 Å². The summed E-state index contributed by atoms with van der Waals surface area (Å²) in [7, 11) is 0. The molecule has 2 heterocycles. The molecule has 0 aliphatic carbocycles. The van der Waals surface area contributed by atoms with Gasteiger partial charge in [0.05, 0.1) is 18.2 Å². The Hall–Kier alpha value is -1.14. The standard InChI is InChI=1S/C13H13Cl2N3O2/c1-13(11-3-2-9(14)4-12(11)15)19-6-10(20-13)5-18-8-16-7-17-18/h2-4,7-8,10H,5-6H2,1H3/t10-,13+/m1/s1. The first-order valence-corrected chi connectivity index (χ1v) is 6.92. The van der Waals surface area contributed by atoms with Gasteiger partial charge in [0.15, 0.2) is 5.79 Å². The lowest BCUT2D eigenvalue weighted by atomic mass is 10.1. The molecule has 0 unspecified atom stereocenters. The average molecular weight is 314 g/mol. The molecule has 106 valence electrons. The fourth-order valence-electron chi connectivity index (χ4n) is 2.26. The van der Waals surface area contributed by atoms with Crippen LogP contribution in [0.15, 0.2) is 30.9 Å². The Balaban J connectivity index is 1.77. The summed E-state index contributed by atoms with van der Waals surface area (Å²) in [5.41, 5.74) is 0.768. The van der Waals surface area contributed by atoms with Crippen molar-refractivity contribution < 1.29 is 9.47 Å². The normalized spacial score (nSPS) is 26.1. The Morgan fingerprint density at radius 1 is 1.45 bits per heavy atom. The summed E-state index contributed by atoms with van der Waals surface area (Å²) in [6.07, 6.45) is 3.03. The Labute approximate surface area is 126 Å². The van der Waals surface area contributed by atoms with Crippen LogP contribution in [0.4, 0.5) is 0 Å². The Morgan fingerprint density at radius 2 is 2.30 bits per heavy atom. The molecule has 1 saturated heterocycles. The molecule has 1 aromatic carbocycles. The van der Waals surface area contributed by atoms with Gasteiger partial charge >= 0.3 is 0 Å². The van der Waals surface area contributed by atoms with E-state index >= 15 is 0 Å². The molecule has 0 N–H and O–H groups in total. The fraction of sp³-hybridized carbons (Fsp3) is 0.385. The zero-order valence-corrected chi connectivity index (χ0v) is 12.3. The maximum atomic E-state index is 6.22. The molecule has 3 rings (SSSR count). The van der Waals surface area contributed by atoms with Gasteiger partial charge in [0, 0.05) is 10.6 Å². The third-order valence-corrected chi connectivity index (χ3v) is 3.76. The van der Waals surface area contributed by atoms with Gasteiger partial charge in [-0.1, -0.05) is 29.3 Å². The van der Waals surface area contributed by atoms with Crippen LogP contribution >= 0.6 is 23.2 Å². The smallest absolute Gasteiger partial charge is 0.193 e. The molecule has 1 fully saturated rings. The van der Waals surface area contributed by atoms with Crippen LogP contribution in [0.1, 0.15) is 12.5 Å². The molecule has 0 saturated carbocycles. The summed E-state index contributed by atoms with van der Waals surface area (Å²) in [5, 5.41) is 5.17. The van der Waals surface area contributed by atoms with E-state index in [2.05, 4.69) is 10.1 Å². The summed E-state index contributed by atoms with van der Waals surface area (Å²) >= 11 is 12.1. The van der Waals surface area contributed by atoms with Crippen LogP contribution in [0.2, 0.25) is 10.0 Å². The van der Waals surface area contributed by atoms with Gasteiger partial charge in [0.2, 0.25) is 0 Å².